The van der Waals surface area contributed by atoms with E-state index in [1.807, 2.05) is 81.4 Å². The normalized spacial score (nSPS) is 9.40. The molecule has 0 radical (unpaired) electrons. The van der Waals surface area contributed by atoms with Crippen molar-refractivity contribution < 1.29 is 4.79 Å². The molecule has 0 spiro atoms. The highest BCUT2D eigenvalue weighted by Crippen LogP contribution is 2.07. The molecule has 3 nitrogen and oxygen atoms in total. The van der Waals surface area contributed by atoms with Gasteiger partial charge in [-0.05, 0) is 32.9 Å². The maximum absolute atomic E-state index is 11.3. The van der Waals surface area contributed by atoms with Gasteiger partial charge in [0.05, 0.1) is 0 Å². The van der Waals surface area contributed by atoms with Gasteiger partial charge in [-0.15, -0.1) is 0 Å². The van der Waals surface area contributed by atoms with Gasteiger partial charge in [0.1, 0.15) is 0 Å². The molecule has 0 saturated carbocycles. The number of benzene rings is 2. The van der Waals surface area contributed by atoms with Crippen LogP contribution < -0.4 is 10.6 Å². The molecule has 0 unspecified atom stereocenters. The fourth-order valence-corrected chi connectivity index (χ4v) is 1.45. The summed E-state index contributed by atoms with van der Waals surface area (Å²) in [7, 11) is 0. The van der Waals surface area contributed by atoms with Gasteiger partial charge < -0.3 is 10.6 Å². The van der Waals surface area contributed by atoms with Crippen molar-refractivity contribution in [2.45, 2.75) is 26.8 Å². The average Bonchev–Trinajstić information content (AvgIpc) is 2.43. The van der Waals surface area contributed by atoms with E-state index in [0.717, 1.165) is 5.69 Å². The second kappa shape index (κ2) is 8.75. The molecule has 0 atom stereocenters. The number of amides is 2. The predicted molar refractivity (Wildman–Crippen MR) is 84.9 cm³/mol. The fourth-order valence-electron chi connectivity index (χ4n) is 1.45. The Morgan fingerprint density at radius 2 is 1.35 bits per heavy atom. The van der Waals surface area contributed by atoms with Crippen molar-refractivity contribution in [2.75, 3.05) is 5.32 Å². The van der Waals surface area contributed by atoms with Crippen molar-refractivity contribution in [3.63, 3.8) is 0 Å². The lowest BCUT2D eigenvalue weighted by Gasteiger charge is -2.09. The average molecular weight is 270 g/mol. The maximum Gasteiger partial charge on any atom is 0.319 e. The third-order valence-corrected chi connectivity index (χ3v) is 2.40. The van der Waals surface area contributed by atoms with Crippen LogP contribution in [0.3, 0.4) is 0 Å². The summed E-state index contributed by atoms with van der Waals surface area (Å²) in [5, 5.41) is 5.51. The number of rotatable bonds is 2. The number of carbonyl (C=O) groups excluding carboxylic acids is 1. The molecule has 2 amide bonds. The van der Waals surface area contributed by atoms with Gasteiger partial charge >= 0.3 is 6.03 Å². The highest BCUT2D eigenvalue weighted by molar-refractivity contribution is 5.89. The summed E-state index contributed by atoms with van der Waals surface area (Å²) in [4.78, 5) is 11.3. The summed E-state index contributed by atoms with van der Waals surface area (Å²) >= 11 is 0. The second-order valence-electron chi connectivity index (χ2n) is 4.77. The van der Waals surface area contributed by atoms with Crippen molar-refractivity contribution in [2.24, 2.45) is 0 Å². The Kier molecular flexibility index (Phi) is 6.90. The molecule has 2 N–H and O–H groups in total. The van der Waals surface area contributed by atoms with Gasteiger partial charge in [0.2, 0.25) is 0 Å². The second-order valence-corrected chi connectivity index (χ2v) is 4.77. The quantitative estimate of drug-likeness (QED) is 0.843. The first kappa shape index (κ1) is 15.8. The van der Waals surface area contributed by atoms with Crippen molar-refractivity contribution in [1.29, 1.82) is 0 Å². The lowest BCUT2D eigenvalue weighted by molar-refractivity contribution is 0.250. The van der Waals surface area contributed by atoms with E-state index < -0.39 is 0 Å². The molecule has 20 heavy (non-hydrogen) atoms. The summed E-state index contributed by atoms with van der Waals surface area (Å²) in [6, 6.07) is 19.7. The number of nitrogens with one attached hydrogen (secondary N) is 2. The van der Waals surface area contributed by atoms with Crippen LogP contribution in [-0.4, -0.2) is 12.1 Å². The molecule has 2 aromatic rings. The Labute approximate surface area is 121 Å². The number of urea groups is 1. The molecule has 0 saturated heterocycles. The van der Waals surface area contributed by atoms with Crippen LogP contribution in [0.1, 0.15) is 19.4 Å². The summed E-state index contributed by atoms with van der Waals surface area (Å²) in [6.45, 7) is 5.86. The van der Waals surface area contributed by atoms with Gasteiger partial charge in [0.25, 0.3) is 0 Å². The number of aryl methyl sites for hydroxylation is 1. The largest absolute Gasteiger partial charge is 0.336 e. The summed E-state index contributed by atoms with van der Waals surface area (Å²) in [5.74, 6) is 0. The van der Waals surface area contributed by atoms with E-state index in [9.17, 15) is 4.79 Å². The molecule has 0 heterocycles. The molecule has 0 bridgehead atoms. The molecule has 0 fully saturated rings. The lowest BCUT2D eigenvalue weighted by Crippen LogP contribution is -2.34. The minimum Gasteiger partial charge on any atom is -0.336 e. The molecule has 0 aliphatic heterocycles. The highest BCUT2D eigenvalue weighted by Gasteiger charge is 2.01. The smallest absolute Gasteiger partial charge is 0.319 e. The third-order valence-electron chi connectivity index (χ3n) is 2.40. The Morgan fingerprint density at radius 1 is 0.900 bits per heavy atom. The summed E-state index contributed by atoms with van der Waals surface area (Å²) in [6.07, 6.45) is 0. The van der Waals surface area contributed by atoms with Crippen LogP contribution in [0.2, 0.25) is 0 Å². The van der Waals surface area contributed by atoms with Gasteiger partial charge in [-0.1, -0.05) is 54.1 Å². The van der Waals surface area contributed by atoms with Crippen molar-refractivity contribution in [3.8, 4) is 0 Å². The van der Waals surface area contributed by atoms with E-state index in [4.69, 9.17) is 0 Å². The molecule has 0 aromatic heterocycles. The van der Waals surface area contributed by atoms with E-state index in [0.29, 0.717) is 0 Å². The van der Waals surface area contributed by atoms with E-state index in [1.165, 1.54) is 5.56 Å². The van der Waals surface area contributed by atoms with E-state index in [2.05, 4.69) is 10.6 Å². The van der Waals surface area contributed by atoms with E-state index in [1.54, 1.807) is 0 Å². The third kappa shape index (κ3) is 7.21. The zero-order valence-electron chi connectivity index (χ0n) is 12.3. The molecule has 2 aromatic carbocycles. The molecule has 3 heteroatoms. The van der Waals surface area contributed by atoms with Crippen LogP contribution in [-0.2, 0) is 0 Å². The van der Waals surface area contributed by atoms with Gasteiger partial charge in [-0.25, -0.2) is 4.79 Å². The Morgan fingerprint density at radius 3 is 1.75 bits per heavy atom. The first-order valence-corrected chi connectivity index (χ1v) is 6.72. The van der Waals surface area contributed by atoms with E-state index >= 15 is 0 Å². The van der Waals surface area contributed by atoms with Gasteiger partial charge in [-0.3, -0.25) is 0 Å². The van der Waals surface area contributed by atoms with Crippen LogP contribution in [0.25, 0.3) is 0 Å². The molecule has 0 aliphatic carbocycles. The predicted octanol–water partition coefficient (Wildman–Crippen LogP) is 4.21. The number of hydrogen-bond acceptors (Lipinski definition) is 1. The van der Waals surface area contributed by atoms with Crippen LogP contribution >= 0.6 is 0 Å². The lowest BCUT2D eigenvalue weighted by atomic mass is 10.2. The standard InChI is InChI=1S/C11H16N2O.C6H6/c1-8(2)12-11(14)13-10-6-4-9(3)5-7-10;1-2-4-6-5-3-1/h4-8H,1-3H3,(H2,12,13,14);1-6H. The number of anilines is 1. The topological polar surface area (TPSA) is 41.1 Å². The molecule has 0 aliphatic rings. The number of hydrogen-bond donors (Lipinski definition) is 2. The highest BCUT2D eigenvalue weighted by atomic mass is 16.2. The molecular formula is C17H22N2O. The van der Waals surface area contributed by atoms with E-state index in [-0.39, 0.29) is 12.1 Å². The van der Waals surface area contributed by atoms with Crippen molar-refractivity contribution in [3.05, 3.63) is 66.2 Å². The fraction of sp³-hybridized carbons (Fsp3) is 0.235. The van der Waals surface area contributed by atoms with Gasteiger partial charge in [-0.2, -0.15) is 0 Å². The SMILES string of the molecule is Cc1ccc(NC(=O)NC(C)C)cc1.c1ccccc1. The Balaban J connectivity index is 0.000000276. The Hall–Kier alpha value is -2.29. The summed E-state index contributed by atoms with van der Waals surface area (Å²) in [5.41, 5.74) is 1.99. The van der Waals surface area contributed by atoms with Crippen LogP contribution in [0.15, 0.2) is 60.7 Å². The minimum atomic E-state index is -0.163. The first-order valence-electron chi connectivity index (χ1n) is 6.72. The summed E-state index contributed by atoms with van der Waals surface area (Å²) < 4.78 is 0. The first-order chi connectivity index (χ1) is 9.58. The van der Waals surface area contributed by atoms with Gasteiger partial charge in [0.15, 0.2) is 0 Å². The van der Waals surface area contributed by atoms with Gasteiger partial charge in [0, 0.05) is 11.7 Å². The van der Waals surface area contributed by atoms with Crippen molar-refractivity contribution >= 4 is 11.7 Å². The Bertz CT molecular complexity index is 465. The van der Waals surface area contributed by atoms with Crippen LogP contribution in [0.4, 0.5) is 10.5 Å². The minimum absolute atomic E-state index is 0.153. The molecular weight excluding hydrogens is 248 g/mol. The van der Waals surface area contributed by atoms with Crippen molar-refractivity contribution in [1.82, 2.24) is 5.32 Å². The zero-order valence-corrected chi connectivity index (χ0v) is 12.3. The van der Waals surface area contributed by atoms with Crippen LogP contribution in [0, 0.1) is 6.92 Å². The monoisotopic (exact) mass is 270 g/mol. The number of carbonyl (C=O) groups is 1. The molecule has 106 valence electrons. The maximum atomic E-state index is 11.3. The zero-order chi connectivity index (χ0) is 14.8. The van der Waals surface area contributed by atoms with Crippen LogP contribution in [0.5, 0.6) is 0 Å². The molecule has 2 rings (SSSR count).